The van der Waals surface area contributed by atoms with Gasteiger partial charge in [0, 0.05) is 11.6 Å². The van der Waals surface area contributed by atoms with Crippen LogP contribution >= 0.6 is 11.6 Å². The molecule has 12 heavy (non-hydrogen) atoms. The van der Waals surface area contributed by atoms with Gasteiger partial charge >= 0.3 is 5.43 Å². The van der Waals surface area contributed by atoms with Gasteiger partial charge in [0.15, 0.2) is 0 Å². The molecule has 1 aliphatic rings. The first-order valence-electron chi connectivity index (χ1n) is 3.62. The first kappa shape index (κ1) is 9.07. The third-order valence-electron chi connectivity index (χ3n) is 1.44. The minimum atomic E-state index is -0.811. The molecule has 0 heterocycles. The highest BCUT2D eigenvalue weighted by atomic mass is 35.5. The summed E-state index contributed by atoms with van der Waals surface area (Å²) in [5.74, 6) is 0.823. The monoisotopic (exact) mass is 184 g/mol. The van der Waals surface area contributed by atoms with Gasteiger partial charge in [-0.3, -0.25) is 0 Å². The van der Waals surface area contributed by atoms with Crippen LogP contribution in [0.25, 0.3) is 0 Å². The fraction of sp³-hybridized carbons (Fsp3) is 0.222. The van der Waals surface area contributed by atoms with E-state index in [9.17, 15) is 4.79 Å². The maximum Gasteiger partial charge on any atom is 0.409 e. The van der Waals surface area contributed by atoms with E-state index in [1.165, 1.54) is 0 Å². The van der Waals surface area contributed by atoms with Crippen LogP contribution in [0.2, 0.25) is 0 Å². The lowest BCUT2D eigenvalue weighted by atomic mass is 10.2. The van der Waals surface area contributed by atoms with Crippen LogP contribution in [0.1, 0.15) is 6.92 Å². The van der Waals surface area contributed by atoms with Crippen molar-refractivity contribution in [3.63, 3.8) is 0 Å². The molecule has 0 aromatic heterocycles. The van der Waals surface area contributed by atoms with Gasteiger partial charge in [-0.15, -0.1) is 0 Å². The molecule has 3 heteroatoms. The summed E-state index contributed by atoms with van der Waals surface area (Å²) in [6.45, 7) is 2.03. The average Bonchev–Trinajstić information content (AvgIpc) is 2.15. The summed E-state index contributed by atoms with van der Waals surface area (Å²) in [7, 11) is 0. The van der Waals surface area contributed by atoms with Gasteiger partial charge < -0.3 is 4.74 Å². The van der Waals surface area contributed by atoms with Crippen LogP contribution in [-0.2, 0) is 4.74 Å². The van der Waals surface area contributed by atoms with Crippen molar-refractivity contribution in [1.29, 1.82) is 0 Å². The largest absolute Gasteiger partial charge is 0.415 e. The molecule has 1 atom stereocenters. The van der Waals surface area contributed by atoms with Crippen molar-refractivity contribution in [2.45, 2.75) is 6.92 Å². The van der Waals surface area contributed by atoms with Crippen molar-refractivity contribution < 1.29 is 9.53 Å². The van der Waals surface area contributed by atoms with Gasteiger partial charge in [-0.05, 0) is 18.1 Å². The van der Waals surface area contributed by atoms with E-state index in [-0.39, 0.29) is 0 Å². The maximum atomic E-state index is 10.4. The molecule has 0 radical (unpaired) electrons. The molecule has 64 valence electrons. The maximum absolute atomic E-state index is 10.4. The number of carbonyl (C=O) groups is 1. The van der Waals surface area contributed by atoms with Gasteiger partial charge in [0.05, 0.1) is 0 Å². The number of allylic oxidation sites excluding steroid dienone is 5. The van der Waals surface area contributed by atoms with Gasteiger partial charge in [-0.2, -0.15) is 0 Å². The molecule has 1 unspecified atom stereocenters. The third-order valence-corrected chi connectivity index (χ3v) is 1.51. The summed E-state index contributed by atoms with van der Waals surface area (Å²) in [4.78, 5) is 10.4. The average molecular weight is 185 g/mol. The van der Waals surface area contributed by atoms with Crippen molar-refractivity contribution in [3.05, 3.63) is 36.1 Å². The summed E-state index contributed by atoms with van der Waals surface area (Å²) in [5.41, 5.74) is -0.811. The van der Waals surface area contributed by atoms with E-state index in [4.69, 9.17) is 11.6 Å². The second kappa shape index (κ2) is 4.12. The topological polar surface area (TPSA) is 26.3 Å². The molecule has 0 saturated carbocycles. The minimum absolute atomic E-state index is 0.354. The van der Waals surface area contributed by atoms with E-state index >= 15 is 0 Å². The van der Waals surface area contributed by atoms with E-state index < -0.39 is 5.43 Å². The Labute approximate surface area is 76.2 Å². The Balaban J connectivity index is 2.67. The van der Waals surface area contributed by atoms with E-state index in [0.717, 1.165) is 0 Å². The third kappa shape index (κ3) is 2.93. The first-order chi connectivity index (χ1) is 5.68. The van der Waals surface area contributed by atoms with Crippen molar-refractivity contribution in [2.75, 3.05) is 0 Å². The van der Waals surface area contributed by atoms with E-state index in [0.29, 0.717) is 11.7 Å². The highest BCUT2D eigenvalue weighted by Gasteiger charge is 2.01. The highest BCUT2D eigenvalue weighted by Crippen LogP contribution is 2.11. The normalized spacial score (nSPS) is 21.5. The van der Waals surface area contributed by atoms with Crippen molar-refractivity contribution in [3.8, 4) is 0 Å². The van der Waals surface area contributed by atoms with E-state index in [1.54, 1.807) is 12.2 Å². The van der Waals surface area contributed by atoms with E-state index in [2.05, 4.69) is 4.74 Å². The zero-order valence-electron chi connectivity index (χ0n) is 6.66. The Bertz CT molecular complexity index is 264. The van der Waals surface area contributed by atoms with Crippen molar-refractivity contribution in [1.82, 2.24) is 0 Å². The predicted octanol–water partition coefficient (Wildman–Crippen LogP) is 3.01. The molecule has 0 saturated heterocycles. The van der Waals surface area contributed by atoms with Crippen LogP contribution in [0.5, 0.6) is 0 Å². The molecule has 0 aliphatic heterocycles. The first-order valence-corrected chi connectivity index (χ1v) is 4.00. The summed E-state index contributed by atoms with van der Waals surface area (Å²) < 4.78 is 4.67. The van der Waals surface area contributed by atoms with Crippen molar-refractivity contribution >= 4 is 17.0 Å². The lowest BCUT2D eigenvalue weighted by Crippen LogP contribution is -1.91. The van der Waals surface area contributed by atoms with Crippen LogP contribution < -0.4 is 0 Å². The molecule has 0 fully saturated rings. The van der Waals surface area contributed by atoms with Crippen LogP contribution in [0, 0.1) is 5.92 Å². The number of rotatable bonds is 1. The summed E-state index contributed by atoms with van der Waals surface area (Å²) in [5, 5.41) is 0. The molecular weight excluding hydrogens is 176 g/mol. The summed E-state index contributed by atoms with van der Waals surface area (Å²) in [6, 6.07) is 0. The quantitative estimate of drug-likeness (QED) is 0.586. The van der Waals surface area contributed by atoms with Gasteiger partial charge in [0.2, 0.25) is 0 Å². The molecule has 2 nitrogen and oxygen atoms in total. The van der Waals surface area contributed by atoms with Gasteiger partial charge in [0.25, 0.3) is 0 Å². The van der Waals surface area contributed by atoms with Gasteiger partial charge in [0.1, 0.15) is 5.76 Å². The van der Waals surface area contributed by atoms with Crippen molar-refractivity contribution in [2.24, 2.45) is 5.92 Å². The fourth-order valence-corrected chi connectivity index (χ4v) is 0.942. The molecule has 0 aromatic rings. The van der Waals surface area contributed by atoms with Gasteiger partial charge in [-0.1, -0.05) is 25.2 Å². The Morgan fingerprint density at radius 1 is 1.58 bits per heavy atom. The Hall–Kier alpha value is -1.02. The zero-order chi connectivity index (χ0) is 8.97. The fourth-order valence-electron chi connectivity index (χ4n) is 0.853. The smallest absolute Gasteiger partial charge is 0.409 e. The molecule has 0 aromatic carbocycles. The second-order valence-corrected chi connectivity index (χ2v) is 2.82. The molecule has 0 amide bonds. The molecule has 0 spiro atoms. The molecule has 0 bridgehead atoms. The Kier molecular flexibility index (Phi) is 3.11. The summed E-state index contributed by atoms with van der Waals surface area (Å²) in [6.07, 6.45) is 9.17. The number of halogens is 1. The highest BCUT2D eigenvalue weighted by molar-refractivity contribution is 6.61. The number of hydrogen-bond donors (Lipinski definition) is 0. The number of ether oxygens (including phenoxy) is 1. The lowest BCUT2D eigenvalue weighted by molar-refractivity contribution is 0.206. The summed E-state index contributed by atoms with van der Waals surface area (Å²) >= 11 is 5.04. The van der Waals surface area contributed by atoms with Crippen LogP contribution in [0.3, 0.4) is 0 Å². The van der Waals surface area contributed by atoms with Crippen LogP contribution in [0.15, 0.2) is 36.1 Å². The predicted molar refractivity (Wildman–Crippen MR) is 47.9 cm³/mol. The minimum Gasteiger partial charge on any atom is -0.415 e. The molecular formula is C9H9ClO2. The SMILES string of the molecule is CC1C=CC=C(OC(=O)Cl)C=C1. The molecule has 1 rings (SSSR count). The van der Waals surface area contributed by atoms with E-state index in [1.807, 2.05) is 25.2 Å². The number of carbonyl (C=O) groups excluding carboxylic acids is 1. The number of hydrogen-bond acceptors (Lipinski definition) is 2. The Morgan fingerprint density at radius 2 is 2.33 bits per heavy atom. The zero-order valence-corrected chi connectivity index (χ0v) is 7.41. The standard InChI is InChI=1S/C9H9ClO2/c1-7-3-2-4-8(6-5-7)12-9(10)11/h2-7H,1H3. The Morgan fingerprint density at radius 3 is 3.00 bits per heavy atom. The van der Waals surface area contributed by atoms with Gasteiger partial charge in [-0.25, -0.2) is 4.79 Å². The molecule has 1 aliphatic carbocycles. The lowest BCUT2D eigenvalue weighted by Gasteiger charge is -1.97. The van der Waals surface area contributed by atoms with Crippen LogP contribution in [0.4, 0.5) is 4.79 Å². The second-order valence-electron chi connectivity index (χ2n) is 2.51. The molecule has 0 N–H and O–H groups in total. The van der Waals surface area contributed by atoms with Crippen LogP contribution in [-0.4, -0.2) is 5.43 Å².